The first-order valence-corrected chi connectivity index (χ1v) is 9.66. The molecule has 0 spiro atoms. The quantitative estimate of drug-likeness (QED) is 0.878. The standard InChI is InChI=1S/C17H24ClN5OS/c1-21-9-4-5-12(15(21)14-6-8-19-23(14)3)11-22(2)17(24)20-13-7-10-25-16(13)18/h6-8,10,12,15H,4-5,9,11H2,1-3H3,(H,20,24)/t12-,15+/m0/s1. The largest absolute Gasteiger partial charge is 0.327 e. The number of aryl methyl sites for hydroxylation is 1. The zero-order valence-electron chi connectivity index (χ0n) is 14.8. The van der Waals surface area contributed by atoms with E-state index in [9.17, 15) is 4.79 Å². The van der Waals surface area contributed by atoms with Gasteiger partial charge in [0.2, 0.25) is 0 Å². The van der Waals surface area contributed by atoms with Gasteiger partial charge in [0, 0.05) is 26.8 Å². The highest BCUT2D eigenvalue weighted by Crippen LogP contribution is 2.35. The Hall–Kier alpha value is -1.57. The van der Waals surface area contributed by atoms with E-state index in [0.717, 1.165) is 19.4 Å². The fourth-order valence-electron chi connectivity index (χ4n) is 3.62. The molecular formula is C17H24ClN5OS. The van der Waals surface area contributed by atoms with Crippen molar-refractivity contribution in [1.82, 2.24) is 19.6 Å². The first-order valence-electron chi connectivity index (χ1n) is 8.40. The zero-order valence-corrected chi connectivity index (χ0v) is 16.3. The summed E-state index contributed by atoms with van der Waals surface area (Å²) in [5, 5.41) is 9.07. The molecule has 2 atom stereocenters. The van der Waals surface area contributed by atoms with Crippen molar-refractivity contribution in [2.45, 2.75) is 18.9 Å². The molecule has 136 valence electrons. The van der Waals surface area contributed by atoms with E-state index in [1.165, 1.54) is 17.0 Å². The maximum Gasteiger partial charge on any atom is 0.321 e. The molecule has 0 aliphatic carbocycles. The number of nitrogens with zero attached hydrogens (tertiary/aromatic N) is 4. The van der Waals surface area contributed by atoms with Crippen molar-refractivity contribution in [3.8, 4) is 0 Å². The Morgan fingerprint density at radius 3 is 2.92 bits per heavy atom. The summed E-state index contributed by atoms with van der Waals surface area (Å²) in [6.07, 6.45) is 4.07. The number of carbonyl (C=O) groups excluding carboxylic acids is 1. The minimum absolute atomic E-state index is 0.128. The molecule has 0 unspecified atom stereocenters. The second-order valence-corrected chi connectivity index (χ2v) is 8.14. The SMILES string of the molecule is CN(C[C@@H]1CCCN(C)[C@H]1c1ccnn1C)C(=O)Nc1ccsc1Cl. The molecule has 0 aromatic carbocycles. The first kappa shape index (κ1) is 18.2. The lowest BCUT2D eigenvalue weighted by Gasteiger charge is -2.40. The van der Waals surface area contributed by atoms with Gasteiger partial charge in [0.05, 0.1) is 17.4 Å². The van der Waals surface area contributed by atoms with Crippen LogP contribution in [0.15, 0.2) is 23.7 Å². The molecule has 3 heterocycles. The molecule has 1 aliphatic rings. The first-order chi connectivity index (χ1) is 12.0. The second kappa shape index (κ2) is 7.76. The number of likely N-dealkylation sites (tertiary alicyclic amines) is 1. The number of thiophene rings is 1. The summed E-state index contributed by atoms with van der Waals surface area (Å²) in [6.45, 7) is 1.75. The Labute approximate surface area is 157 Å². The van der Waals surface area contributed by atoms with Crippen molar-refractivity contribution >= 4 is 34.7 Å². The van der Waals surface area contributed by atoms with Crippen LogP contribution in [0.4, 0.5) is 10.5 Å². The van der Waals surface area contributed by atoms with E-state index in [0.29, 0.717) is 22.5 Å². The number of halogens is 1. The lowest BCUT2D eigenvalue weighted by molar-refractivity contribution is 0.0960. The summed E-state index contributed by atoms with van der Waals surface area (Å²) in [6, 6.07) is 4.04. The van der Waals surface area contributed by atoms with Gasteiger partial charge in [-0.3, -0.25) is 9.58 Å². The Morgan fingerprint density at radius 1 is 1.48 bits per heavy atom. The van der Waals surface area contributed by atoms with Gasteiger partial charge in [0.1, 0.15) is 4.34 Å². The summed E-state index contributed by atoms with van der Waals surface area (Å²) in [5.41, 5.74) is 1.87. The van der Waals surface area contributed by atoms with E-state index in [4.69, 9.17) is 11.6 Å². The third-order valence-corrected chi connectivity index (χ3v) is 6.05. The van der Waals surface area contributed by atoms with E-state index in [1.807, 2.05) is 36.4 Å². The molecule has 2 aromatic rings. The highest BCUT2D eigenvalue weighted by molar-refractivity contribution is 7.15. The number of amides is 2. The van der Waals surface area contributed by atoms with Gasteiger partial charge >= 0.3 is 6.03 Å². The molecule has 6 nitrogen and oxygen atoms in total. The third-order valence-electron chi connectivity index (χ3n) is 4.88. The Bertz CT molecular complexity index is 730. The average Bonchev–Trinajstić information content (AvgIpc) is 3.16. The van der Waals surface area contributed by atoms with Crippen LogP contribution in [0.25, 0.3) is 0 Å². The number of nitrogens with one attached hydrogen (secondary N) is 1. The second-order valence-electron chi connectivity index (χ2n) is 6.63. The molecule has 1 N–H and O–H groups in total. The number of hydrogen-bond acceptors (Lipinski definition) is 4. The molecule has 2 aromatic heterocycles. The van der Waals surface area contributed by atoms with Crippen LogP contribution < -0.4 is 5.32 Å². The molecule has 25 heavy (non-hydrogen) atoms. The van der Waals surface area contributed by atoms with Crippen LogP contribution in [0.3, 0.4) is 0 Å². The number of rotatable bonds is 4. The van der Waals surface area contributed by atoms with Gasteiger partial charge in [-0.15, -0.1) is 11.3 Å². The van der Waals surface area contributed by atoms with E-state index < -0.39 is 0 Å². The van der Waals surface area contributed by atoms with Crippen molar-refractivity contribution in [2.24, 2.45) is 13.0 Å². The van der Waals surface area contributed by atoms with Gasteiger partial charge in [-0.1, -0.05) is 11.6 Å². The summed E-state index contributed by atoms with van der Waals surface area (Å²) in [4.78, 5) is 16.6. The highest BCUT2D eigenvalue weighted by Gasteiger charge is 2.33. The van der Waals surface area contributed by atoms with Crippen molar-refractivity contribution < 1.29 is 4.79 Å². The van der Waals surface area contributed by atoms with Gasteiger partial charge in [-0.25, -0.2) is 4.79 Å². The van der Waals surface area contributed by atoms with Crippen LogP contribution in [0.2, 0.25) is 4.34 Å². The van der Waals surface area contributed by atoms with Crippen molar-refractivity contribution in [3.63, 3.8) is 0 Å². The lowest BCUT2D eigenvalue weighted by Crippen LogP contribution is -2.44. The fourth-order valence-corrected chi connectivity index (χ4v) is 4.45. The van der Waals surface area contributed by atoms with Crippen LogP contribution in [-0.4, -0.2) is 52.8 Å². The molecule has 0 radical (unpaired) electrons. The van der Waals surface area contributed by atoms with Crippen LogP contribution in [0.5, 0.6) is 0 Å². The van der Waals surface area contributed by atoms with Crippen LogP contribution >= 0.6 is 22.9 Å². The van der Waals surface area contributed by atoms with Crippen LogP contribution in [0.1, 0.15) is 24.6 Å². The van der Waals surface area contributed by atoms with Crippen molar-refractivity contribution in [1.29, 1.82) is 0 Å². The summed E-state index contributed by atoms with van der Waals surface area (Å²) in [5.74, 6) is 0.364. The number of hydrogen-bond donors (Lipinski definition) is 1. The van der Waals surface area contributed by atoms with Gasteiger partial charge in [-0.2, -0.15) is 5.10 Å². The van der Waals surface area contributed by atoms with Crippen molar-refractivity contribution in [3.05, 3.63) is 33.7 Å². The molecule has 0 saturated carbocycles. The average molecular weight is 382 g/mol. The van der Waals surface area contributed by atoms with Crippen LogP contribution in [-0.2, 0) is 7.05 Å². The number of aromatic nitrogens is 2. The van der Waals surface area contributed by atoms with E-state index in [2.05, 4.69) is 28.4 Å². The topological polar surface area (TPSA) is 53.4 Å². The lowest BCUT2D eigenvalue weighted by atomic mass is 9.87. The highest BCUT2D eigenvalue weighted by atomic mass is 35.5. The maximum absolute atomic E-state index is 12.5. The smallest absolute Gasteiger partial charge is 0.321 e. The third kappa shape index (κ3) is 3.99. The normalized spacial score (nSPS) is 21.3. The minimum Gasteiger partial charge on any atom is -0.327 e. The molecule has 1 saturated heterocycles. The molecule has 8 heteroatoms. The van der Waals surface area contributed by atoms with Crippen LogP contribution in [0, 0.1) is 5.92 Å². The van der Waals surface area contributed by atoms with Gasteiger partial charge < -0.3 is 10.2 Å². The fraction of sp³-hybridized carbons (Fsp3) is 0.529. The predicted octanol–water partition coefficient (Wildman–Crippen LogP) is 3.68. The van der Waals surface area contributed by atoms with Crippen molar-refractivity contribution in [2.75, 3.05) is 32.5 Å². The van der Waals surface area contributed by atoms with E-state index in [-0.39, 0.29) is 12.1 Å². The Kier molecular flexibility index (Phi) is 5.66. The predicted molar refractivity (Wildman–Crippen MR) is 102 cm³/mol. The molecule has 3 rings (SSSR count). The van der Waals surface area contributed by atoms with E-state index >= 15 is 0 Å². The van der Waals surface area contributed by atoms with E-state index in [1.54, 1.807) is 4.90 Å². The zero-order chi connectivity index (χ0) is 18.0. The molecule has 0 bridgehead atoms. The van der Waals surface area contributed by atoms with Gasteiger partial charge in [-0.05, 0) is 49.9 Å². The van der Waals surface area contributed by atoms with Gasteiger partial charge in [0.15, 0.2) is 0 Å². The summed E-state index contributed by atoms with van der Waals surface area (Å²) in [7, 11) is 5.96. The monoisotopic (exact) mass is 381 g/mol. The Balaban J connectivity index is 1.70. The van der Waals surface area contributed by atoms with Gasteiger partial charge in [0.25, 0.3) is 0 Å². The molecule has 2 amide bonds. The molecule has 1 aliphatic heterocycles. The molecular weight excluding hydrogens is 358 g/mol. The summed E-state index contributed by atoms with van der Waals surface area (Å²) < 4.78 is 2.54. The number of anilines is 1. The number of carbonyl (C=O) groups is 1. The maximum atomic E-state index is 12.5. The molecule has 1 fully saturated rings. The Morgan fingerprint density at radius 2 is 2.28 bits per heavy atom. The minimum atomic E-state index is -0.128. The number of urea groups is 1. The number of piperidine rings is 1. The summed E-state index contributed by atoms with van der Waals surface area (Å²) >= 11 is 7.49.